The van der Waals surface area contributed by atoms with E-state index in [0.717, 1.165) is 20.9 Å². The fraction of sp³-hybridized carbons (Fsp3) is 0.167. The molecule has 0 atom stereocenters. The number of nitrogens with zero attached hydrogens (tertiary/aromatic N) is 1. The van der Waals surface area contributed by atoms with Crippen molar-refractivity contribution in [2.75, 3.05) is 7.11 Å². The number of hydrogen-bond acceptors (Lipinski definition) is 3. The van der Waals surface area contributed by atoms with E-state index in [-0.39, 0.29) is 0 Å². The maximum atomic E-state index is 11.4. The molecule has 0 aliphatic carbocycles. The van der Waals surface area contributed by atoms with Crippen molar-refractivity contribution in [3.63, 3.8) is 0 Å². The van der Waals surface area contributed by atoms with Crippen LogP contribution in [0, 0.1) is 6.92 Å². The lowest BCUT2D eigenvalue weighted by Crippen LogP contribution is -2.04. The summed E-state index contributed by atoms with van der Waals surface area (Å²) in [5.74, 6) is -0.421. The Morgan fingerprint density at radius 2 is 2.06 bits per heavy atom. The average molecular weight is 280 g/mol. The summed E-state index contributed by atoms with van der Waals surface area (Å²) in [5.41, 5.74) is 2.23. The number of benzene rings is 1. The Balaban J connectivity index is 2.70. The second-order valence-electron chi connectivity index (χ2n) is 3.45. The molecule has 0 fully saturated rings. The van der Waals surface area contributed by atoms with E-state index in [0.29, 0.717) is 5.69 Å². The van der Waals surface area contributed by atoms with Crippen LogP contribution in [0.2, 0.25) is 0 Å². The highest BCUT2D eigenvalue weighted by atomic mass is 79.9. The quantitative estimate of drug-likeness (QED) is 0.753. The average Bonchev–Trinajstić information content (AvgIpc) is 2.32. The molecule has 1 aromatic carbocycles. The van der Waals surface area contributed by atoms with Crippen LogP contribution in [0.25, 0.3) is 10.9 Å². The maximum absolute atomic E-state index is 11.4. The third kappa shape index (κ3) is 1.80. The van der Waals surface area contributed by atoms with Crippen LogP contribution >= 0.6 is 15.9 Å². The summed E-state index contributed by atoms with van der Waals surface area (Å²) < 4.78 is 5.51. The summed E-state index contributed by atoms with van der Waals surface area (Å²) in [6.07, 6.45) is 0. The van der Waals surface area contributed by atoms with E-state index in [9.17, 15) is 4.79 Å². The lowest BCUT2D eigenvalue weighted by molar-refractivity contribution is 0.0594. The predicted molar refractivity (Wildman–Crippen MR) is 65.5 cm³/mol. The van der Waals surface area contributed by atoms with Gasteiger partial charge in [0.1, 0.15) is 5.69 Å². The van der Waals surface area contributed by atoms with Crippen molar-refractivity contribution >= 4 is 32.8 Å². The van der Waals surface area contributed by atoms with Gasteiger partial charge in [0, 0.05) is 9.86 Å². The summed E-state index contributed by atoms with van der Waals surface area (Å²) in [7, 11) is 1.35. The first-order valence-electron chi connectivity index (χ1n) is 4.77. The van der Waals surface area contributed by atoms with Crippen molar-refractivity contribution in [2.24, 2.45) is 0 Å². The number of rotatable bonds is 1. The van der Waals surface area contributed by atoms with Gasteiger partial charge in [-0.25, -0.2) is 9.78 Å². The zero-order chi connectivity index (χ0) is 11.7. The molecule has 0 bridgehead atoms. The Labute approximate surface area is 102 Å². The SMILES string of the molecule is COC(=O)c1ccc2c(C)ccc(Br)c2n1. The second-order valence-corrected chi connectivity index (χ2v) is 4.30. The van der Waals surface area contributed by atoms with Gasteiger partial charge in [0.2, 0.25) is 0 Å². The van der Waals surface area contributed by atoms with Gasteiger partial charge in [0.25, 0.3) is 0 Å². The molecule has 2 rings (SSSR count). The van der Waals surface area contributed by atoms with Gasteiger partial charge in [-0.2, -0.15) is 0 Å². The molecule has 0 saturated carbocycles. The number of pyridine rings is 1. The first kappa shape index (κ1) is 11.1. The molecule has 1 heterocycles. The topological polar surface area (TPSA) is 39.2 Å². The van der Waals surface area contributed by atoms with Crippen molar-refractivity contribution in [3.05, 3.63) is 40.0 Å². The van der Waals surface area contributed by atoms with Crippen molar-refractivity contribution in [1.29, 1.82) is 0 Å². The largest absolute Gasteiger partial charge is 0.464 e. The van der Waals surface area contributed by atoms with Gasteiger partial charge >= 0.3 is 5.97 Å². The highest BCUT2D eigenvalue weighted by molar-refractivity contribution is 9.10. The van der Waals surface area contributed by atoms with Gasteiger partial charge in [-0.1, -0.05) is 12.1 Å². The first-order chi connectivity index (χ1) is 7.63. The van der Waals surface area contributed by atoms with Crippen LogP contribution in [0.3, 0.4) is 0 Å². The number of ether oxygens (including phenoxy) is 1. The van der Waals surface area contributed by atoms with Crippen molar-refractivity contribution in [1.82, 2.24) is 4.98 Å². The maximum Gasteiger partial charge on any atom is 0.356 e. The Morgan fingerprint density at radius 3 is 2.75 bits per heavy atom. The molecule has 0 amide bonds. The number of hydrogen-bond donors (Lipinski definition) is 0. The molecule has 16 heavy (non-hydrogen) atoms. The summed E-state index contributed by atoms with van der Waals surface area (Å²) in [6, 6.07) is 7.49. The number of methoxy groups -OCH3 is 1. The fourth-order valence-corrected chi connectivity index (χ4v) is 1.98. The van der Waals surface area contributed by atoms with Crippen LogP contribution in [0.4, 0.5) is 0 Å². The van der Waals surface area contributed by atoms with Crippen LogP contribution in [0.15, 0.2) is 28.7 Å². The van der Waals surface area contributed by atoms with E-state index < -0.39 is 5.97 Å². The number of fused-ring (bicyclic) bond motifs is 1. The Hall–Kier alpha value is -1.42. The minimum Gasteiger partial charge on any atom is -0.464 e. The van der Waals surface area contributed by atoms with Gasteiger partial charge in [-0.15, -0.1) is 0 Å². The normalized spacial score (nSPS) is 10.4. The molecule has 2 aromatic rings. The number of aryl methyl sites for hydroxylation is 1. The molecule has 0 aliphatic heterocycles. The molecule has 82 valence electrons. The van der Waals surface area contributed by atoms with Gasteiger partial charge in [-0.3, -0.25) is 0 Å². The van der Waals surface area contributed by atoms with Gasteiger partial charge in [-0.05, 0) is 40.5 Å². The summed E-state index contributed by atoms with van der Waals surface area (Å²) in [6.45, 7) is 2.01. The van der Waals surface area contributed by atoms with E-state index in [2.05, 4.69) is 25.7 Å². The van der Waals surface area contributed by atoms with E-state index >= 15 is 0 Å². The summed E-state index contributed by atoms with van der Waals surface area (Å²) >= 11 is 3.42. The van der Waals surface area contributed by atoms with E-state index in [4.69, 9.17) is 0 Å². The fourth-order valence-electron chi connectivity index (χ4n) is 1.54. The van der Waals surface area contributed by atoms with Crippen molar-refractivity contribution in [2.45, 2.75) is 6.92 Å². The number of aromatic nitrogens is 1. The number of carbonyl (C=O) groups excluding carboxylic acids is 1. The number of carbonyl (C=O) groups is 1. The number of esters is 1. The van der Waals surface area contributed by atoms with Crippen LogP contribution in [0.5, 0.6) is 0 Å². The van der Waals surface area contributed by atoms with E-state index in [1.54, 1.807) is 6.07 Å². The predicted octanol–water partition coefficient (Wildman–Crippen LogP) is 3.09. The molecule has 1 aromatic heterocycles. The minimum atomic E-state index is -0.421. The Kier molecular flexibility index (Phi) is 2.92. The highest BCUT2D eigenvalue weighted by Crippen LogP contribution is 2.25. The zero-order valence-corrected chi connectivity index (χ0v) is 10.5. The standard InChI is InChI=1S/C12H10BrNO2/c1-7-3-5-9(13)11-8(7)4-6-10(14-11)12(15)16-2/h3-6H,1-2H3. The second kappa shape index (κ2) is 4.22. The first-order valence-corrected chi connectivity index (χ1v) is 5.57. The van der Waals surface area contributed by atoms with Gasteiger partial charge < -0.3 is 4.74 Å². The Bertz CT molecular complexity index is 566. The molecule has 0 spiro atoms. The third-order valence-corrected chi connectivity index (χ3v) is 3.06. The van der Waals surface area contributed by atoms with E-state index in [1.807, 2.05) is 25.1 Å². The van der Waals surface area contributed by atoms with Crippen molar-refractivity contribution < 1.29 is 9.53 Å². The molecule has 3 nitrogen and oxygen atoms in total. The van der Waals surface area contributed by atoms with E-state index in [1.165, 1.54) is 7.11 Å². The minimum absolute atomic E-state index is 0.321. The molecular formula is C12H10BrNO2. The van der Waals surface area contributed by atoms with Crippen LogP contribution < -0.4 is 0 Å². The molecular weight excluding hydrogens is 270 g/mol. The molecule has 0 saturated heterocycles. The number of halogens is 1. The smallest absolute Gasteiger partial charge is 0.356 e. The molecule has 0 N–H and O–H groups in total. The summed E-state index contributed by atoms with van der Waals surface area (Å²) in [4.78, 5) is 15.6. The molecule has 0 radical (unpaired) electrons. The highest BCUT2D eigenvalue weighted by Gasteiger charge is 2.10. The van der Waals surface area contributed by atoms with Gasteiger partial charge in [0.05, 0.1) is 12.6 Å². The monoisotopic (exact) mass is 279 g/mol. The van der Waals surface area contributed by atoms with Crippen molar-refractivity contribution in [3.8, 4) is 0 Å². The Morgan fingerprint density at radius 1 is 1.31 bits per heavy atom. The third-order valence-electron chi connectivity index (χ3n) is 2.42. The lowest BCUT2D eigenvalue weighted by atomic mass is 10.1. The van der Waals surface area contributed by atoms with Gasteiger partial charge in [0.15, 0.2) is 0 Å². The van der Waals surface area contributed by atoms with Crippen LogP contribution in [0.1, 0.15) is 16.1 Å². The van der Waals surface area contributed by atoms with Crippen LogP contribution in [-0.2, 0) is 4.74 Å². The van der Waals surface area contributed by atoms with Crippen LogP contribution in [-0.4, -0.2) is 18.1 Å². The zero-order valence-electron chi connectivity index (χ0n) is 8.95. The molecule has 0 aliphatic rings. The summed E-state index contributed by atoms with van der Waals surface area (Å²) in [5, 5.41) is 1.03. The molecule has 4 heteroatoms. The lowest BCUT2D eigenvalue weighted by Gasteiger charge is -2.05. The molecule has 0 unspecified atom stereocenters.